The first-order valence-corrected chi connectivity index (χ1v) is 10.6. The molecular formula is C24H21F7N2O2. The lowest BCUT2D eigenvalue weighted by molar-refractivity contribution is -0.143. The number of carbonyl (C=O) groups is 1. The first-order chi connectivity index (χ1) is 16.2. The van der Waals surface area contributed by atoms with E-state index in [2.05, 4.69) is 0 Å². The van der Waals surface area contributed by atoms with Crippen molar-refractivity contribution in [3.05, 3.63) is 64.7 Å². The highest BCUT2D eigenvalue weighted by atomic mass is 19.4. The van der Waals surface area contributed by atoms with Crippen molar-refractivity contribution in [3.8, 4) is 6.07 Å². The van der Waals surface area contributed by atoms with Crippen LogP contribution in [0.3, 0.4) is 0 Å². The lowest BCUT2D eigenvalue weighted by Gasteiger charge is -2.42. The summed E-state index contributed by atoms with van der Waals surface area (Å²) in [6.07, 6.45) is -13.7. The predicted molar refractivity (Wildman–Crippen MR) is 112 cm³/mol. The Labute approximate surface area is 196 Å². The highest BCUT2D eigenvalue weighted by molar-refractivity contribution is 5.90. The van der Waals surface area contributed by atoms with E-state index in [1.165, 1.54) is 31.2 Å². The Morgan fingerprint density at radius 2 is 1.57 bits per heavy atom. The van der Waals surface area contributed by atoms with E-state index in [9.17, 15) is 36.4 Å². The molecule has 3 rings (SSSR count). The Bertz CT molecular complexity index is 1110. The minimum absolute atomic E-state index is 0.0496. The monoisotopic (exact) mass is 502 g/mol. The van der Waals surface area contributed by atoms with E-state index >= 15 is 4.39 Å². The molecule has 2 aromatic rings. The summed E-state index contributed by atoms with van der Waals surface area (Å²) in [5.74, 6) is -3.15. The number of benzene rings is 2. The maximum Gasteiger partial charge on any atom is 0.416 e. The van der Waals surface area contributed by atoms with E-state index in [0.29, 0.717) is 12.1 Å². The molecule has 1 amide bonds. The second-order valence-corrected chi connectivity index (χ2v) is 8.52. The van der Waals surface area contributed by atoms with Gasteiger partial charge in [0.2, 0.25) is 0 Å². The average Bonchev–Trinajstić information content (AvgIpc) is 2.75. The van der Waals surface area contributed by atoms with Crippen LogP contribution in [0.25, 0.3) is 0 Å². The van der Waals surface area contributed by atoms with Crippen molar-refractivity contribution in [1.82, 2.24) is 0 Å². The molecule has 2 aromatic carbocycles. The number of carbonyl (C=O) groups excluding carboxylic acids is 1. The molecule has 0 aromatic heterocycles. The van der Waals surface area contributed by atoms with Crippen LogP contribution in [0.4, 0.5) is 41.2 Å². The van der Waals surface area contributed by atoms with Gasteiger partial charge >= 0.3 is 18.4 Å². The minimum atomic E-state index is -5.12. The first kappa shape index (κ1) is 26.3. The summed E-state index contributed by atoms with van der Waals surface area (Å²) in [6, 6.07) is 7.15. The number of ether oxygens (including phenoxy) is 1. The van der Waals surface area contributed by atoms with Crippen molar-refractivity contribution >= 4 is 11.8 Å². The lowest BCUT2D eigenvalue weighted by atomic mass is 9.74. The van der Waals surface area contributed by atoms with Gasteiger partial charge in [0.05, 0.1) is 40.9 Å². The molecule has 35 heavy (non-hydrogen) atoms. The number of rotatable bonds is 3. The van der Waals surface area contributed by atoms with Crippen molar-refractivity contribution in [3.63, 3.8) is 0 Å². The number of fused-ring (bicyclic) bond motifs is 1. The molecule has 4 nitrogen and oxygen atoms in total. The van der Waals surface area contributed by atoms with Crippen molar-refractivity contribution in [2.75, 3.05) is 4.90 Å². The van der Waals surface area contributed by atoms with Gasteiger partial charge in [-0.3, -0.25) is 4.90 Å². The Kier molecular flexibility index (Phi) is 7.07. The number of nitriles is 1. The number of nitrogens with zero attached hydrogens (tertiary/aromatic N) is 2. The zero-order chi connectivity index (χ0) is 26.3. The van der Waals surface area contributed by atoms with Gasteiger partial charge in [-0.05, 0) is 56.2 Å². The molecule has 0 N–H and O–H groups in total. The Balaban J connectivity index is 2.19. The molecule has 0 saturated heterocycles. The molecule has 0 bridgehead atoms. The molecule has 1 aliphatic rings. The third kappa shape index (κ3) is 5.21. The second-order valence-electron chi connectivity index (χ2n) is 8.52. The van der Waals surface area contributed by atoms with E-state index in [4.69, 9.17) is 4.74 Å². The van der Waals surface area contributed by atoms with E-state index in [0.717, 1.165) is 4.90 Å². The van der Waals surface area contributed by atoms with E-state index < -0.39 is 65.3 Å². The van der Waals surface area contributed by atoms with Gasteiger partial charge < -0.3 is 4.74 Å². The van der Waals surface area contributed by atoms with Gasteiger partial charge in [0, 0.05) is 5.92 Å². The number of hydrogen-bond donors (Lipinski definition) is 0. The molecule has 0 aliphatic carbocycles. The van der Waals surface area contributed by atoms with Crippen LogP contribution in [0.1, 0.15) is 54.9 Å². The molecule has 0 radical (unpaired) electrons. The highest BCUT2D eigenvalue weighted by Gasteiger charge is 2.47. The van der Waals surface area contributed by atoms with Crippen LogP contribution in [0, 0.1) is 11.3 Å². The van der Waals surface area contributed by atoms with E-state index in [1.807, 2.05) is 0 Å². The van der Waals surface area contributed by atoms with Crippen LogP contribution >= 0.6 is 0 Å². The maximum absolute atomic E-state index is 15.8. The number of alkyl halides is 7. The summed E-state index contributed by atoms with van der Waals surface area (Å²) in [7, 11) is 0. The largest absolute Gasteiger partial charge is 0.446 e. The van der Waals surface area contributed by atoms with Gasteiger partial charge in [-0.25, -0.2) is 9.18 Å². The van der Waals surface area contributed by atoms with E-state index in [-0.39, 0.29) is 17.3 Å². The van der Waals surface area contributed by atoms with Gasteiger partial charge in [0.25, 0.3) is 0 Å². The summed E-state index contributed by atoms with van der Waals surface area (Å²) in [5, 5.41) is 9.86. The van der Waals surface area contributed by atoms with Crippen molar-refractivity contribution in [2.45, 2.75) is 63.3 Å². The third-order valence-electron chi connectivity index (χ3n) is 5.77. The molecule has 188 valence electrons. The molecule has 4 atom stereocenters. The highest BCUT2D eigenvalue weighted by Crippen LogP contribution is 2.48. The van der Waals surface area contributed by atoms with Gasteiger partial charge in [-0.1, -0.05) is 18.2 Å². The van der Waals surface area contributed by atoms with Gasteiger partial charge in [-0.2, -0.15) is 31.6 Å². The summed E-state index contributed by atoms with van der Waals surface area (Å²) >= 11 is 0. The average molecular weight is 502 g/mol. The smallest absolute Gasteiger partial charge is 0.416 e. The lowest BCUT2D eigenvalue weighted by Crippen LogP contribution is -2.51. The molecule has 4 unspecified atom stereocenters. The zero-order valence-corrected chi connectivity index (χ0v) is 18.8. The number of para-hydroxylation sites is 1. The van der Waals surface area contributed by atoms with Gasteiger partial charge in [0.1, 0.15) is 6.17 Å². The standard InChI is InChI=1S/C24H21F7N2O2/c1-12(2)35-22(34)33-13(3)21(25)20(17-6-4-5-7-19(17)33)18(11-32)14-8-15(23(26,27)28)10-16(9-14)24(29,30)31/h4-10,12-13,18,20-21H,1-3H3. The van der Waals surface area contributed by atoms with Crippen LogP contribution in [0.2, 0.25) is 0 Å². The predicted octanol–water partition coefficient (Wildman–Crippen LogP) is 7.21. The second kappa shape index (κ2) is 9.40. The molecule has 0 spiro atoms. The van der Waals surface area contributed by atoms with Crippen LogP contribution in [0.5, 0.6) is 0 Å². The molecular weight excluding hydrogens is 481 g/mol. The van der Waals surface area contributed by atoms with Crippen molar-refractivity contribution < 1.29 is 40.3 Å². The minimum Gasteiger partial charge on any atom is -0.446 e. The van der Waals surface area contributed by atoms with Gasteiger partial charge in [0.15, 0.2) is 0 Å². The summed E-state index contributed by atoms with van der Waals surface area (Å²) in [6.45, 7) is 4.51. The number of halogens is 7. The molecule has 1 aliphatic heterocycles. The molecule has 0 fully saturated rings. The molecule has 1 heterocycles. The fourth-order valence-electron chi connectivity index (χ4n) is 4.23. The topological polar surface area (TPSA) is 53.3 Å². The fraction of sp³-hybridized carbons (Fsp3) is 0.417. The Hall–Kier alpha value is -3.29. The SMILES string of the molecule is CC(C)OC(=O)N1c2ccccc2C(C(C#N)c2cc(C(F)(F)F)cc(C(F)(F)F)c2)C(F)C1C. The summed E-state index contributed by atoms with van der Waals surface area (Å²) < 4.78 is 101. The van der Waals surface area contributed by atoms with Gasteiger partial charge in [-0.15, -0.1) is 0 Å². The van der Waals surface area contributed by atoms with Crippen LogP contribution in [-0.4, -0.2) is 24.4 Å². The van der Waals surface area contributed by atoms with Crippen molar-refractivity contribution in [2.24, 2.45) is 0 Å². The number of amides is 1. The maximum atomic E-state index is 15.8. The number of anilines is 1. The van der Waals surface area contributed by atoms with Crippen LogP contribution < -0.4 is 4.90 Å². The fourth-order valence-corrected chi connectivity index (χ4v) is 4.23. The zero-order valence-electron chi connectivity index (χ0n) is 18.8. The Morgan fingerprint density at radius 1 is 1.03 bits per heavy atom. The summed E-state index contributed by atoms with van der Waals surface area (Å²) in [4.78, 5) is 13.7. The van der Waals surface area contributed by atoms with Crippen molar-refractivity contribution in [1.29, 1.82) is 5.26 Å². The van der Waals surface area contributed by atoms with Crippen LogP contribution in [-0.2, 0) is 17.1 Å². The van der Waals surface area contributed by atoms with Crippen LogP contribution in [0.15, 0.2) is 42.5 Å². The quantitative estimate of drug-likeness (QED) is 0.417. The molecule has 0 saturated carbocycles. The third-order valence-corrected chi connectivity index (χ3v) is 5.77. The Morgan fingerprint density at radius 3 is 2.06 bits per heavy atom. The molecule has 11 heteroatoms. The first-order valence-electron chi connectivity index (χ1n) is 10.6. The normalized spacial score (nSPS) is 21.3. The summed E-state index contributed by atoms with van der Waals surface area (Å²) in [5.41, 5.74) is -3.57. The van der Waals surface area contributed by atoms with E-state index in [1.54, 1.807) is 19.9 Å². The number of hydrogen-bond acceptors (Lipinski definition) is 3.